The maximum atomic E-state index is 2.46. The Balaban J connectivity index is 0.000001000. The molecule has 1 unspecified atom stereocenters. The minimum atomic E-state index is 0. The van der Waals surface area contributed by atoms with Crippen LogP contribution in [0.5, 0.6) is 0 Å². The molecule has 1 atom stereocenters. The summed E-state index contributed by atoms with van der Waals surface area (Å²) in [5, 5.41) is 0. The molecule has 0 amide bonds. The van der Waals surface area contributed by atoms with Crippen molar-refractivity contribution >= 4 is 0 Å². The Morgan fingerprint density at radius 2 is 1.91 bits per heavy atom. The number of hydrogen-bond donors (Lipinski definition) is 0. The smallest absolute Gasteiger partial charge is 0 e. The Hall–Kier alpha value is 1.10. The van der Waals surface area contributed by atoms with E-state index in [4.69, 9.17) is 0 Å². The standard InChI is InChI=1S/C10H19.Y/c1-10(2,3)9-7-5-4-6-8-9;/h5,9H,4,6-8H2,1-3H3;/q-1;. The summed E-state index contributed by atoms with van der Waals surface area (Å²) in [4.78, 5) is 0. The van der Waals surface area contributed by atoms with Crippen LogP contribution in [0.3, 0.4) is 0 Å². The first kappa shape index (κ1) is 12.1. The molecule has 1 aliphatic carbocycles. The Bertz CT molecular complexity index is 95.9. The van der Waals surface area contributed by atoms with E-state index in [0.717, 1.165) is 5.92 Å². The van der Waals surface area contributed by atoms with Crippen LogP contribution in [-0.4, -0.2) is 0 Å². The summed E-state index contributed by atoms with van der Waals surface area (Å²) in [6.45, 7) is 7.07. The molecule has 1 aliphatic rings. The van der Waals surface area contributed by atoms with Crippen LogP contribution in [0.2, 0.25) is 0 Å². The fraction of sp³-hybridized carbons (Fsp3) is 0.900. The van der Waals surface area contributed by atoms with E-state index in [1.807, 2.05) is 0 Å². The molecule has 0 aliphatic heterocycles. The van der Waals surface area contributed by atoms with Crippen molar-refractivity contribution in [2.45, 2.75) is 46.5 Å². The van der Waals surface area contributed by atoms with Gasteiger partial charge in [0, 0.05) is 32.7 Å². The Labute approximate surface area is 96.4 Å². The molecule has 0 aromatic rings. The van der Waals surface area contributed by atoms with Gasteiger partial charge in [-0.3, -0.25) is 0 Å². The van der Waals surface area contributed by atoms with Crippen LogP contribution in [-0.2, 0) is 32.7 Å². The van der Waals surface area contributed by atoms with Crippen molar-refractivity contribution in [3.05, 3.63) is 6.42 Å². The average molecular weight is 228 g/mol. The van der Waals surface area contributed by atoms with Crippen LogP contribution in [0.15, 0.2) is 0 Å². The second-order valence-electron chi connectivity index (χ2n) is 4.52. The number of rotatable bonds is 0. The molecular weight excluding hydrogens is 209 g/mol. The first-order valence-corrected chi connectivity index (χ1v) is 4.42. The Kier molecular flexibility index (Phi) is 5.47. The molecule has 1 rings (SSSR count). The van der Waals surface area contributed by atoms with E-state index in [0.29, 0.717) is 5.41 Å². The molecule has 1 saturated carbocycles. The van der Waals surface area contributed by atoms with Gasteiger partial charge < -0.3 is 6.42 Å². The quantitative estimate of drug-likeness (QED) is 0.557. The van der Waals surface area contributed by atoms with Crippen molar-refractivity contribution in [1.29, 1.82) is 0 Å². The maximum absolute atomic E-state index is 2.46. The molecule has 0 heterocycles. The normalized spacial score (nSPS) is 25.9. The van der Waals surface area contributed by atoms with Gasteiger partial charge in [-0.25, -0.2) is 0 Å². The third-order valence-electron chi connectivity index (χ3n) is 2.64. The summed E-state index contributed by atoms with van der Waals surface area (Å²) in [5.41, 5.74) is 0.539. The minimum Gasteiger partial charge on any atom is -0.328 e. The molecule has 0 saturated heterocycles. The maximum Gasteiger partial charge on any atom is 0 e. The molecule has 0 aromatic carbocycles. The molecule has 11 heavy (non-hydrogen) atoms. The van der Waals surface area contributed by atoms with Gasteiger partial charge >= 0.3 is 0 Å². The van der Waals surface area contributed by atoms with E-state index in [2.05, 4.69) is 27.2 Å². The van der Waals surface area contributed by atoms with Gasteiger partial charge in [0.1, 0.15) is 0 Å². The topological polar surface area (TPSA) is 0 Å². The second-order valence-corrected chi connectivity index (χ2v) is 4.52. The molecule has 1 radical (unpaired) electrons. The van der Waals surface area contributed by atoms with E-state index in [-0.39, 0.29) is 32.7 Å². The largest absolute Gasteiger partial charge is 0.328 e. The van der Waals surface area contributed by atoms with Gasteiger partial charge in [0.2, 0.25) is 0 Å². The first-order valence-electron chi connectivity index (χ1n) is 4.42. The molecule has 0 N–H and O–H groups in total. The van der Waals surface area contributed by atoms with Crippen LogP contribution >= 0.6 is 0 Å². The molecule has 0 spiro atoms. The van der Waals surface area contributed by atoms with E-state index in [1.165, 1.54) is 25.7 Å². The van der Waals surface area contributed by atoms with Crippen molar-refractivity contribution in [3.8, 4) is 0 Å². The van der Waals surface area contributed by atoms with Crippen molar-refractivity contribution in [2.24, 2.45) is 11.3 Å². The van der Waals surface area contributed by atoms with Gasteiger partial charge in [0.15, 0.2) is 0 Å². The van der Waals surface area contributed by atoms with Crippen molar-refractivity contribution in [1.82, 2.24) is 0 Å². The molecule has 0 nitrogen and oxygen atoms in total. The van der Waals surface area contributed by atoms with Crippen molar-refractivity contribution in [2.75, 3.05) is 0 Å². The van der Waals surface area contributed by atoms with Gasteiger partial charge in [-0.1, -0.05) is 39.5 Å². The molecular formula is C10H19Y-. The van der Waals surface area contributed by atoms with E-state index >= 15 is 0 Å². The Morgan fingerprint density at radius 3 is 2.18 bits per heavy atom. The van der Waals surface area contributed by atoms with E-state index in [1.54, 1.807) is 0 Å². The van der Waals surface area contributed by atoms with Crippen LogP contribution in [0.25, 0.3) is 0 Å². The summed E-state index contributed by atoms with van der Waals surface area (Å²) >= 11 is 0. The van der Waals surface area contributed by atoms with Crippen molar-refractivity contribution in [3.63, 3.8) is 0 Å². The third kappa shape index (κ3) is 4.03. The predicted octanol–water partition coefficient (Wildman–Crippen LogP) is 3.42. The third-order valence-corrected chi connectivity index (χ3v) is 2.64. The molecule has 1 heteroatoms. The summed E-state index contributed by atoms with van der Waals surface area (Å²) in [7, 11) is 0. The summed E-state index contributed by atoms with van der Waals surface area (Å²) < 4.78 is 0. The fourth-order valence-corrected chi connectivity index (χ4v) is 1.73. The predicted molar refractivity (Wildman–Crippen MR) is 45.7 cm³/mol. The van der Waals surface area contributed by atoms with Crippen LogP contribution in [0.1, 0.15) is 46.5 Å². The monoisotopic (exact) mass is 228 g/mol. The van der Waals surface area contributed by atoms with Crippen LogP contribution < -0.4 is 0 Å². The van der Waals surface area contributed by atoms with E-state index in [9.17, 15) is 0 Å². The van der Waals surface area contributed by atoms with Crippen LogP contribution in [0.4, 0.5) is 0 Å². The van der Waals surface area contributed by atoms with E-state index < -0.39 is 0 Å². The van der Waals surface area contributed by atoms with Gasteiger partial charge in [-0.2, -0.15) is 12.8 Å². The van der Waals surface area contributed by atoms with Gasteiger partial charge in [0.25, 0.3) is 0 Å². The zero-order valence-electron chi connectivity index (χ0n) is 8.06. The molecule has 0 aromatic heterocycles. The second kappa shape index (κ2) is 4.97. The van der Waals surface area contributed by atoms with Gasteiger partial charge in [-0.05, 0) is 5.41 Å². The summed E-state index contributed by atoms with van der Waals surface area (Å²) in [6.07, 6.45) is 8.03. The zero-order chi connectivity index (χ0) is 7.61. The fourth-order valence-electron chi connectivity index (χ4n) is 1.73. The molecule has 1 fully saturated rings. The summed E-state index contributed by atoms with van der Waals surface area (Å²) in [6, 6.07) is 0. The van der Waals surface area contributed by atoms with Crippen molar-refractivity contribution < 1.29 is 32.7 Å². The Morgan fingerprint density at radius 1 is 1.27 bits per heavy atom. The first-order chi connectivity index (χ1) is 4.61. The van der Waals surface area contributed by atoms with Crippen LogP contribution in [0, 0.1) is 17.8 Å². The van der Waals surface area contributed by atoms with Gasteiger partial charge in [-0.15, -0.1) is 0 Å². The summed E-state index contributed by atoms with van der Waals surface area (Å²) in [5.74, 6) is 0.946. The molecule has 0 bridgehead atoms. The number of hydrogen-bond acceptors (Lipinski definition) is 0. The SMILES string of the molecule is CC(C)(C)C1C[CH-]CCC1.[Y]. The zero-order valence-corrected chi connectivity index (χ0v) is 10.9. The van der Waals surface area contributed by atoms with Gasteiger partial charge in [0.05, 0.1) is 0 Å². The average Bonchev–Trinajstić information content (AvgIpc) is 1.88. The molecule has 63 valence electrons. The minimum absolute atomic E-state index is 0.